The van der Waals surface area contributed by atoms with Gasteiger partial charge < -0.3 is 5.32 Å². The quantitative estimate of drug-likeness (QED) is 0.831. The lowest BCUT2D eigenvalue weighted by atomic mass is 10.0. The second-order valence-electron chi connectivity index (χ2n) is 4.64. The molecule has 2 rings (SSSR count). The first-order chi connectivity index (χ1) is 9.67. The molecule has 1 aromatic heterocycles. The van der Waals surface area contributed by atoms with Gasteiger partial charge in [-0.1, -0.05) is 31.5 Å². The number of rotatable bonds is 6. The highest BCUT2D eigenvalue weighted by Gasteiger charge is 2.18. The molecule has 0 amide bonds. The highest BCUT2D eigenvalue weighted by molar-refractivity contribution is 9.10. The maximum absolute atomic E-state index is 6.08. The van der Waals surface area contributed by atoms with Gasteiger partial charge in [0.05, 0.1) is 16.8 Å². The fraction of sp³-hybridized carbons (Fsp3) is 0.400. The zero-order chi connectivity index (χ0) is 14.5. The summed E-state index contributed by atoms with van der Waals surface area (Å²) in [6.07, 6.45) is 2.93. The Kier molecular flexibility index (Phi) is 5.64. The van der Waals surface area contributed by atoms with Crippen molar-refractivity contribution in [3.05, 3.63) is 51.2 Å². The van der Waals surface area contributed by atoms with E-state index in [1.165, 1.54) is 11.3 Å². The molecule has 0 aliphatic rings. The topological polar surface area (TPSA) is 29.9 Å². The summed E-state index contributed by atoms with van der Waals surface area (Å²) in [5.74, 6) is 0. The van der Waals surface area contributed by atoms with Gasteiger partial charge in [0.15, 0.2) is 0 Å². The molecule has 0 saturated carbocycles. The van der Waals surface area contributed by atoms with E-state index in [0.29, 0.717) is 0 Å². The SMILES string of the molecule is CCCn1nccc1C(NCC)c1ccc(Cl)c(Br)c1. The Morgan fingerprint density at radius 1 is 1.35 bits per heavy atom. The van der Waals surface area contributed by atoms with Gasteiger partial charge in [0, 0.05) is 17.2 Å². The van der Waals surface area contributed by atoms with Crippen molar-refractivity contribution in [1.82, 2.24) is 15.1 Å². The van der Waals surface area contributed by atoms with Gasteiger partial charge in [0.2, 0.25) is 0 Å². The zero-order valence-electron chi connectivity index (χ0n) is 11.7. The molecular weight excluding hydrogens is 338 g/mol. The number of benzene rings is 1. The lowest BCUT2D eigenvalue weighted by molar-refractivity contribution is 0.520. The lowest BCUT2D eigenvalue weighted by Crippen LogP contribution is -2.25. The average molecular weight is 357 g/mol. The molecule has 1 N–H and O–H groups in total. The number of hydrogen-bond donors (Lipinski definition) is 1. The van der Waals surface area contributed by atoms with Crippen molar-refractivity contribution >= 4 is 27.5 Å². The minimum absolute atomic E-state index is 0.127. The number of aromatic nitrogens is 2. The third kappa shape index (κ3) is 3.43. The Hall–Kier alpha value is -0.840. The zero-order valence-corrected chi connectivity index (χ0v) is 14.1. The van der Waals surface area contributed by atoms with E-state index in [1.807, 2.05) is 12.3 Å². The second-order valence-corrected chi connectivity index (χ2v) is 5.90. The van der Waals surface area contributed by atoms with E-state index < -0.39 is 0 Å². The van der Waals surface area contributed by atoms with Crippen LogP contribution in [-0.4, -0.2) is 16.3 Å². The number of aryl methyl sites for hydroxylation is 1. The molecule has 20 heavy (non-hydrogen) atoms. The fourth-order valence-electron chi connectivity index (χ4n) is 2.28. The molecule has 0 aliphatic carbocycles. The molecule has 1 atom stereocenters. The number of nitrogens with zero attached hydrogens (tertiary/aromatic N) is 2. The first-order valence-corrected chi connectivity index (χ1v) is 8.04. The first kappa shape index (κ1) is 15.5. The molecule has 1 aromatic carbocycles. The van der Waals surface area contributed by atoms with Gasteiger partial charge in [0.25, 0.3) is 0 Å². The van der Waals surface area contributed by atoms with Gasteiger partial charge in [-0.25, -0.2) is 0 Å². The summed E-state index contributed by atoms with van der Waals surface area (Å²) in [4.78, 5) is 0. The summed E-state index contributed by atoms with van der Waals surface area (Å²) in [5.41, 5.74) is 2.36. The summed E-state index contributed by atoms with van der Waals surface area (Å²) >= 11 is 9.58. The third-order valence-electron chi connectivity index (χ3n) is 3.17. The first-order valence-electron chi connectivity index (χ1n) is 6.87. The fourth-order valence-corrected chi connectivity index (χ4v) is 2.79. The molecule has 2 aromatic rings. The summed E-state index contributed by atoms with van der Waals surface area (Å²) in [6.45, 7) is 6.09. The Bertz CT molecular complexity index is 568. The molecule has 0 fully saturated rings. The molecule has 0 spiro atoms. The van der Waals surface area contributed by atoms with Crippen molar-refractivity contribution < 1.29 is 0 Å². The summed E-state index contributed by atoms with van der Waals surface area (Å²) in [7, 11) is 0. The van der Waals surface area contributed by atoms with Gasteiger partial charge in [-0.15, -0.1) is 0 Å². The minimum Gasteiger partial charge on any atom is -0.305 e. The lowest BCUT2D eigenvalue weighted by Gasteiger charge is -2.20. The van der Waals surface area contributed by atoms with E-state index >= 15 is 0 Å². The highest BCUT2D eigenvalue weighted by Crippen LogP contribution is 2.29. The number of halogens is 2. The van der Waals surface area contributed by atoms with Crippen LogP contribution in [0.5, 0.6) is 0 Å². The van der Waals surface area contributed by atoms with Crippen LogP contribution < -0.4 is 5.32 Å². The normalized spacial score (nSPS) is 12.6. The van der Waals surface area contributed by atoms with Crippen molar-refractivity contribution in [2.24, 2.45) is 0 Å². The van der Waals surface area contributed by atoms with Gasteiger partial charge in [0.1, 0.15) is 0 Å². The minimum atomic E-state index is 0.127. The predicted octanol–water partition coefficient (Wildman–Crippen LogP) is 4.41. The van der Waals surface area contributed by atoms with Crippen LogP contribution in [0.15, 0.2) is 34.9 Å². The van der Waals surface area contributed by atoms with Gasteiger partial charge in [-0.3, -0.25) is 4.68 Å². The number of hydrogen-bond acceptors (Lipinski definition) is 2. The summed E-state index contributed by atoms with van der Waals surface area (Å²) in [6, 6.07) is 8.25. The average Bonchev–Trinajstić information content (AvgIpc) is 2.88. The van der Waals surface area contributed by atoms with E-state index in [0.717, 1.165) is 29.0 Å². The second kappa shape index (κ2) is 7.25. The van der Waals surface area contributed by atoms with Crippen molar-refractivity contribution in [2.45, 2.75) is 32.9 Å². The van der Waals surface area contributed by atoms with E-state index in [2.05, 4.69) is 63.1 Å². The largest absolute Gasteiger partial charge is 0.305 e. The Labute approximate surface area is 133 Å². The predicted molar refractivity (Wildman–Crippen MR) is 87.2 cm³/mol. The highest BCUT2D eigenvalue weighted by atomic mass is 79.9. The molecule has 108 valence electrons. The molecule has 0 radical (unpaired) electrons. The summed E-state index contributed by atoms with van der Waals surface area (Å²) in [5, 5.41) is 8.66. The van der Waals surface area contributed by atoms with Gasteiger partial charge in [-0.2, -0.15) is 5.10 Å². The van der Waals surface area contributed by atoms with Crippen LogP contribution in [-0.2, 0) is 6.54 Å². The smallest absolute Gasteiger partial charge is 0.0748 e. The van der Waals surface area contributed by atoms with Crippen LogP contribution in [0.4, 0.5) is 0 Å². The molecule has 1 heterocycles. The van der Waals surface area contributed by atoms with E-state index in [1.54, 1.807) is 0 Å². The van der Waals surface area contributed by atoms with Crippen LogP contribution in [0, 0.1) is 0 Å². The van der Waals surface area contributed by atoms with E-state index in [-0.39, 0.29) is 6.04 Å². The van der Waals surface area contributed by atoms with Crippen molar-refractivity contribution in [3.8, 4) is 0 Å². The van der Waals surface area contributed by atoms with Crippen LogP contribution in [0.2, 0.25) is 5.02 Å². The molecule has 1 unspecified atom stereocenters. The van der Waals surface area contributed by atoms with Crippen LogP contribution >= 0.6 is 27.5 Å². The molecule has 0 saturated heterocycles. The monoisotopic (exact) mass is 355 g/mol. The summed E-state index contributed by atoms with van der Waals surface area (Å²) < 4.78 is 2.98. The third-order valence-corrected chi connectivity index (χ3v) is 4.38. The van der Waals surface area contributed by atoms with Crippen molar-refractivity contribution in [3.63, 3.8) is 0 Å². The van der Waals surface area contributed by atoms with E-state index in [9.17, 15) is 0 Å². The Balaban J connectivity index is 2.39. The number of nitrogens with one attached hydrogen (secondary N) is 1. The Morgan fingerprint density at radius 2 is 2.15 bits per heavy atom. The van der Waals surface area contributed by atoms with Gasteiger partial charge in [-0.05, 0) is 52.7 Å². The molecule has 3 nitrogen and oxygen atoms in total. The molecule has 0 bridgehead atoms. The van der Waals surface area contributed by atoms with Crippen LogP contribution in [0.1, 0.15) is 37.6 Å². The molecular formula is C15H19BrClN3. The van der Waals surface area contributed by atoms with Crippen LogP contribution in [0.3, 0.4) is 0 Å². The standard InChI is InChI=1S/C15H19BrClN3/c1-3-9-20-14(7-8-19-20)15(18-4-2)11-5-6-13(17)12(16)10-11/h5-8,10,15,18H,3-4,9H2,1-2H3. The molecule has 0 aliphatic heterocycles. The van der Waals surface area contributed by atoms with Crippen molar-refractivity contribution in [1.29, 1.82) is 0 Å². The molecule has 5 heteroatoms. The van der Waals surface area contributed by atoms with Gasteiger partial charge >= 0.3 is 0 Å². The Morgan fingerprint density at radius 3 is 2.80 bits per heavy atom. The maximum Gasteiger partial charge on any atom is 0.0748 e. The van der Waals surface area contributed by atoms with Crippen molar-refractivity contribution in [2.75, 3.05) is 6.54 Å². The van der Waals surface area contributed by atoms with E-state index in [4.69, 9.17) is 11.6 Å². The van der Waals surface area contributed by atoms with Crippen LogP contribution in [0.25, 0.3) is 0 Å². The maximum atomic E-state index is 6.08.